The third-order valence-electron chi connectivity index (χ3n) is 4.07. The van der Waals surface area contributed by atoms with Gasteiger partial charge < -0.3 is 15.8 Å². The van der Waals surface area contributed by atoms with Crippen molar-refractivity contribution >= 4 is 28.9 Å². The smallest absolute Gasteiger partial charge is 0.321 e. The van der Waals surface area contributed by atoms with Crippen molar-refractivity contribution in [2.45, 2.75) is 37.8 Å². The molecule has 0 aliphatic carbocycles. The first-order valence-corrected chi connectivity index (χ1v) is 8.22. The largest absolute Gasteiger partial charge is 0.480 e. The molecule has 133 valence electrons. The van der Waals surface area contributed by atoms with E-state index >= 15 is 0 Å². The summed E-state index contributed by atoms with van der Waals surface area (Å²) in [4.78, 5) is 38.0. The molecule has 7 nitrogen and oxygen atoms in total. The Morgan fingerprint density at radius 2 is 2.04 bits per heavy atom. The van der Waals surface area contributed by atoms with E-state index < -0.39 is 18.1 Å². The molecule has 1 aromatic heterocycles. The molecule has 5 N–H and O–H groups in total. The summed E-state index contributed by atoms with van der Waals surface area (Å²) in [6.07, 6.45) is 5.00. The second kappa shape index (κ2) is 9.10. The summed E-state index contributed by atoms with van der Waals surface area (Å²) in [7, 11) is 0. The first-order chi connectivity index (χ1) is 12.1. The van der Waals surface area contributed by atoms with Gasteiger partial charge in [-0.3, -0.25) is 19.7 Å². The lowest BCUT2D eigenvalue weighted by molar-refractivity contribution is -0.139. The van der Waals surface area contributed by atoms with Gasteiger partial charge in [-0.2, -0.15) is 0 Å². The van der Waals surface area contributed by atoms with Gasteiger partial charge in [0.1, 0.15) is 6.04 Å². The van der Waals surface area contributed by atoms with Gasteiger partial charge in [-0.25, -0.2) is 0 Å². The van der Waals surface area contributed by atoms with Gasteiger partial charge in [-0.15, -0.1) is 0 Å². The molecule has 0 aliphatic rings. The van der Waals surface area contributed by atoms with Gasteiger partial charge in [0.2, 0.25) is 6.29 Å². The number of aromatic amines is 1. The number of carbonyl (C=O) groups is 2. The highest BCUT2D eigenvalue weighted by molar-refractivity contribution is 6.09. The zero-order chi connectivity index (χ0) is 18.2. The number of benzene rings is 1. The molecule has 25 heavy (non-hydrogen) atoms. The number of nitrogens with one attached hydrogen (secondary N) is 2. The van der Waals surface area contributed by atoms with Gasteiger partial charge in [-0.1, -0.05) is 24.6 Å². The fraction of sp³-hybridized carbons (Fsp3) is 0.389. The fourth-order valence-corrected chi connectivity index (χ4v) is 2.73. The van der Waals surface area contributed by atoms with Crippen molar-refractivity contribution in [2.24, 2.45) is 5.73 Å². The number of unbranched alkanes of at least 4 members (excludes halogenated alkanes) is 1. The van der Waals surface area contributed by atoms with Crippen LogP contribution in [-0.2, 0) is 9.59 Å². The minimum Gasteiger partial charge on any atom is -0.480 e. The molecular weight excluding hydrogens is 322 g/mol. The maximum absolute atomic E-state index is 12.5. The van der Waals surface area contributed by atoms with Gasteiger partial charge in [0.15, 0.2) is 5.78 Å². The lowest BCUT2D eigenvalue weighted by Crippen LogP contribution is -2.45. The Kier molecular flexibility index (Phi) is 6.85. The number of aliphatic carboxylic acids is 1. The number of carbonyl (C=O) groups excluding carboxylic acids is 2. The van der Waals surface area contributed by atoms with Crippen molar-refractivity contribution < 1.29 is 19.5 Å². The number of carboxylic acid groups (broad SMARTS) is 1. The van der Waals surface area contributed by atoms with Crippen LogP contribution in [0.25, 0.3) is 10.9 Å². The van der Waals surface area contributed by atoms with Crippen molar-refractivity contribution in [2.75, 3.05) is 6.54 Å². The summed E-state index contributed by atoms with van der Waals surface area (Å²) in [5.74, 6) is -1.48. The molecule has 1 unspecified atom stereocenters. The van der Waals surface area contributed by atoms with E-state index in [-0.39, 0.29) is 12.2 Å². The number of aromatic nitrogens is 1. The van der Waals surface area contributed by atoms with Gasteiger partial charge >= 0.3 is 5.97 Å². The molecule has 2 aromatic rings. The predicted molar refractivity (Wildman–Crippen MR) is 94.2 cm³/mol. The third kappa shape index (κ3) is 4.98. The van der Waals surface area contributed by atoms with Crippen LogP contribution >= 0.6 is 0 Å². The van der Waals surface area contributed by atoms with Crippen molar-refractivity contribution in [1.82, 2.24) is 10.3 Å². The summed E-state index contributed by atoms with van der Waals surface area (Å²) in [5, 5.41) is 12.8. The maximum atomic E-state index is 12.5. The number of hydrogen-bond donors (Lipinski definition) is 4. The molecule has 0 saturated heterocycles. The summed E-state index contributed by atoms with van der Waals surface area (Å²) in [6.45, 7) is 0.507. The lowest BCUT2D eigenvalue weighted by Gasteiger charge is -2.18. The van der Waals surface area contributed by atoms with Crippen LogP contribution < -0.4 is 11.1 Å². The minimum absolute atomic E-state index is 0.244. The summed E-state index contributed by atoms with van der Waals surface area (Å²) >= 11 is 0. The molecule has 1 aromatic carbocycles. The van der Waals surface area contributed by atoms with E-state index in [1.807, 2.05) is 18.2 Å². The first kappa shape index (κ1) is 18.8. The van der Waals surface area contributed by atoms with Crippen LogP contribution in [0.1, 0.15) is 36.0 Å². The normalized spacial score (nSPS) is 13.5. The average Bonchev–Trinajstić information content (AvgIpc) is 3.04. The average molecular weight is 344 g/mol. The van der Waals surface area contributed by atoms with Crippen LogP contribution in [0.5, 0.6) is 0 Å². The minimum atomic E-state index is -1.17. The van der Waals surface area contributed by atoms with Crippen molar-refractivity contribution in [3.8, 4) is 0 Å². The highest BCUT2D eigenvalue weighted by Gasteiger charge is 2.26. The summed E-state index contributed by atoms with van der Waals surface area (Å²) in [6, 6.07) is 5.43. The molecule has 1 heterocycles. The molecule has 2 rings (SSSR count). The Hall–Kier alpha value is -2.51. The van der Waals surface area contributed by atoms with E-state index in [4.69, 9.17) is 5.73 Å². The molecule has 0 fully saturated rings. The molecule has 1 radical (unpaired) electrons. The number of H-pyrrole nitrogens is 1. The maximum Gasteiger partial charge on any atom is 0.321 e. The second-order valence-electron chi connectivity index (χ2n) is 5.89. The Morgan fingerprint density at radius 3 is 2.72 bits per heavy atom. The van der Waals surface area contributed by atoms with Crippen LogP contribution in [0.15, 0.2) is 30.5 Å². The predicted octanol–water partition coefficient (Wildman–Crippen LogP) is 1.39. The number of nitrogens with two attached hydrogens (primary N) is 1. The van der Waals surface area contributed by atoms with Crippen LogP contribution in [0.4, 0.5) is 0 Å². The Morgan fingerprint density at radius 1 is 1.28 bits per heavy atom. The molecule has 0 bridgehead atoms. The van der Waals surface area contributed by atoms with E-state index in [1.165, 1.54) is 0 Å². The second-order valence-corrected chi connectivity index (χ2v) is 5.89. The number of Topliss-reactive ketones (excluding diaryl/α,β-unsaturated/α-hetero) is 1. The van der Waals surface area contributed by atoms with Crippen LogP contribution in [0.3, 0.4) is 0 Å². The van der Waals surface area contributed by atoms with Crippen LogP contribution in [0.2, 0.25) is 0 Å². The van der Waals surface area contributed by atoms with E-state index in [0.717, 1.165) is 17.3 Å². The Balaban J connectivity index is 2.06. The van der Waals surface area contributed by atoms with Crippen LogP contribution in [0, 0.1) is 0 Å². The monoisotopic (exact) mass is 344 g/mol. The quantitative estimate of drug-likeness (QED) is 0.360. The highest BCUT2D eigenvalue weighted by Crippen LogP contribution is 2.19. The topological polar surface area (TPSA) is 125 Å². The Bertz CT molecular complexity index is 741. The van der Waals surface area contributed by atoms with Gasteiger partial charge in [0, 0.05) is 29.1 Å². The zero-order valence-corrected chi connectivity index (χ0v) is 13.8. The lowest BCUT2D eigenvalue weighted by atomic mass is 10.0. The molecule has 2 atom stereocenters. The number of ketones is 1. The molecule has 0 aliphatic heterocycles. The number of carboxylic acids is 1. The number of hydrogen-bond acceptors (Lipinski definition) is 5. The van der Waals surface area contributed by atoms with Gasteiger partial charge in [0.05, 0.1) is 6.04 Å². The summed E-state index contributed by atoms with van der Waals surface area (Å²) in [5.41, 5.74) is 6.67. The van der Waals surface area contributed by atoms with E-state index in [0.29, 0.717) is 24.9 Å². The standard InChI is InChI=1S/C18H22N3O4/c19-8-4-3-5-12(11-22)21-16(18(24)25)9-17(23)14-10-20-15-7-2-1-6-13(14)15/h1-2,6-7,10,12,16,20-21H,3-5,8-9,19H2,(H,24,25)/t12-,16?/m0/s1. The van der Waals surface area contributed by atoms with Crippen molar-refractivity contribution in [3.05, 3.63) is 36.0 Å². The number of para-hydroxylation sites is 1. The van der Waals surface area contributed by atoms with Crippen molar-refractivity contribution in [3.63, 3.8) is 0 Å². The first-order valence-electron chi connectivity index (χ1n) is 8.22. The molecular formula is C18H22N3O4. The number of rotatable bonds is 11. The van der Waals surface area contributed by atoms with Crippen molar-refractivity contribution in [1.29, 1.82) is 0 Å². The zero-order valence-electron chi connectivity index (χ0n) is 13.8. The van der Waals surface area contributed by atoms with E-state index in [2.05, 4.69) is 10.3 Å². The SMILES string of the molecule is NCCCC[C@@H]([C]=O)NC(CC(=O)c1c[nH]c2ccccc12)C(=O)O. The third-order valence-corrected chi connectivity index (χ3v) is 4.07. The van der Waals surface area contributed by atoms with Crippen LogP contribution in [-0.4, -0.2) is 46.8 Å². The van der Waals surface area contributed by atoms with E-state index in [1.54, 1.807) is 18.5 Å². The van der Waals surface area contributed by atoms with E-state index in [9.17, 15) is 19.5 Å². The highest BCUT2D eigenvalue weighted by atomic mass is 16.4. The van der Waals surface area contributed by atoms with Gasteiger partial charge in [-0.05, 0) is 25.5 Å². The fourth-order valence-electron chi connectivity index (χ4n) is 2.73. The number of fused-ring (bicyclic) bond motifs is 1. The molecule has 7 heteroatoms. The van der Waals surface area contributed by atoms with Gasteiger partial charge in [0.25, 0.3) is 0 Å². The molecule has 0 amide bonds. The summed E-state index contributed by atoms with van der Waals surface area (Å²) < 4.78 is 0. The molecule has 0 saturated carbocycles. The Labute approximate surface area is 145 Å². The molecule has 0 spiro atoms.